The van der Waals surface area contributed by atoms with Crippen LogP contribution in [0.2, 0.25) is 5.02 Å². The summed E-state index contributed by atoms with van der Waals surface area (Å²) >= 11 is 8.19. The molecular formula is C22H23ClN6O2S. The first-order valence-corrected chi connectivity index (χ1v) is 11.7. The molecule has 1 aromatic carbocycles. The molecule has 32 heavy (non-hydrogen) atoms. The van der Waals surface area contributed by atoms with Gasteiger partial charge >= 0.3 is 6.03 Å². The van der Waals surface area contributed by atoms with Crippen LogP contribution in [-0.2, 0) is 6.54 Å². The lowest BCUT2D eigenvalue weighted by Gasteiger charge is -2.25. The zero-order valence-electron chi connectivity index (χ0n) is 17.4. The summed E-state index contributed by atoms with van der Waals surface area (Å²) in [5.74, 6) is -0.591. The second-order valence-electron chi connectivity index (χ2n) is 8.60. The lowest BCUT2D eigenvalue weighted by atomic mass is 9.86. The summed E-state index contributed by atoms with van der Waals surface area (Å²) in [5, 5.41) is 7.68. The molecular weight excluding hydrogens is 448 g/mol. The van der Waals surface area contributed by atoms with Crippen molar-refractivity contribution in [1.82, 2.24) is 24.6 Å². The molecule has 2 fully saturated rings. The van der Waals surface area contributed by atoms with E-state index in [0.29, 0.717) is 13.1 Å². The number of thiazole rings is 1. The molecule has 2 aliphatic rings. The molecule has 0 radical (unpaired) electrons. The Morgan fingerprint density at radius 3 is 2.78 bits per heavy atom. The second kappa shape index (κ2) is 8.31. The van der Waals surface area contributed by atoms with Crippen molar-refractivity contribution in [2.75, 3.05) is 26.2 Å². The van der Waals surface area contributed by atoms with Crippen LogP contribution in [0.1, 0.15) is 28.8 Å². The monoisotopic (exact) mass is 470 g/mol. The van der Waals surface area contributed by atoms with E-state index in [1.165, 1.54) is 17.1 Å². The van der Waals surface area contributed by atoms with Gasteiger partial charge in [-0.05, 0) is 31.0 Å². The van der Waals surface area contributed by atoms with Gasteiger partial charge in [0.25, 0.3) is 5.91 Å². The van der Waals surface area contributed by atoms with E-state index in [1.807, 2.05) is 16.3 Å². The van der Waals surface area contributed by atoms with E-state index in [0.717, 1.165) is 53.6 Å². The van der Waals surface area contributed by atoms with Crippen LogP contribution in [0, 0.1) is 5.41 Å². The Morgan fingerprint density at radius 1 is 1.22 bits per heavy atom. The Balaban J connectivity index is 1.22. The van der Waals surface area contributed by atoms with Crippen molar-refractivity contribution in [3.63, 3.8) is 0 Å². The maximum Gasteiger partial charge on any atom is 0.344 e. The van der Waals surface area contributed by atoms with Crippen molar-refractivity contribution in [1.29, 1.82) is 0 Å². The molecule has 1 unspecified atom stereocenters. The van der Waals surface area contributed by atoms with E-state index in [2.05, 4.69) is 27.1 Å². The minimum Gasteiger partial charge on any atom is -0.366 e. The predicted molar refractivity (Wildman–Crippen MR) is 123 cm³/mol. The third-order valence-electron chi connectivity index (χ3n) is 6.42. The average molecular weight is 471 g/mol. The van der Waals surface area contributed by atoms with Crippen molar-refractivity contribution >= 4 is 34.9 Å². The zero-order chi connectivity index (χ0) is 22.3. The largest absolute Gasteiger partial charge is 0.366 e. The molecule has 10 heteroatoms. The molecule has 1 atom stereocenters. The molecule has 0 bridgehead atoms. The van der Waals surface area contributed by atoms with Gasteiger partial charge in [0, 0.05) is 60.0 Å². The maximum atomic E-state index is 12.8. The fourth-order valence-electron chi connectivity index (χ4n) is 4.71. The molecule has 0 aliphatic carbocycles. The van der Waals surface area contributed by atoms with Crippen LogP contribution in [-0.4, -0.2) is 62.7 Å². The number of carbonyl (C=O) groups is 2. The number of nitrogens with two attached hydrogens (primary N) is 1. The van der Waals surface area contributed by atoms with Gasteiger partial charge in [-0.1, -0.05) is 23.7 Å². The Bertz CT molecular complexity index is 1160. The second-order valence-corrected chi connectivity index (χ2v) is 9.90. The van der Waals surface area contributed by atoms with Crippen molar-refractivity contribution in [3.8, 4) is 10.6 Å². The van der Waals surface area contributed by atoms with E-state index in [-0.39, 0.29) is 17.0 Å². The number of likely N-dealkylation sites (tertiary alicyclic amines) is 2. The van der Waals surface area contributed by atoms with Gasteiger partial charge in [-0.2, -0.15) is 9.78 Å². The van der Waals surface area contributed by atoms with Crippen molar-refractivity contribution < 1.29 is 9.59 Å². The minimum atomic E-state index is -0.591. The quantitative estimate of drug-likeness (QED) is 0.630. The Morgan fingerprint density at radius 2 is 2.06 bits per heavy atom. The van der Waals surface area contributed by atoms with Crippen LogP contribution < -0.4 is 5.73 Å². The van der Waals surface area contributed by atoms with E-state index in [4.69, 9.17) is 17.3 Å². The van der Waals surface area contributed by atoms with E-state index in [9.17, 15) is 9.59 Å². The number of nitrogens with zero attached hydrogens (tertiary/aromatic N) is 5. The SMILES string of the molecule is NC(=O)c1cnn(C(=O)N2CCC3(CCN(Cc4ccc(-c5nccs5)cc4Cl)C3)C2)c1. The number of hydrogen-bond donors (Lipinski definition) is 1. The first-order valence-electron chi connectivity index (χ1n) is 10.5. The number of halogens is 1. The van der Waals surface area contributed by atoms with E-state index >= 15 is 0 Å². The maximum absolute atomic E-state index is 12.8. The smallest absolute Gasteiger partial charge is 0.344 e. The van der Waals surface area contributed by atoms with Gasteiger partial charge in [-0.25, -0.2) is 9.78 Å². The van der Waals surface area contributed by atoms with Crippen molar-refractivity contribution in [3.05, 3.63) is 58.3 Å². The summed E-state index contributed by atoms with van der Waals surface area (Å²) in [7, 11) is 0. The number of primary amides is 1. The molecule has 2 N–H and O–H groups in total. The Hall–Kier alpha value is -2.75. The lowest BCUT2D eigenvalue weighted by Crippen LogP contribution is -2.36. The van der Waals surface area contributed by atoms with Crippen LogP contribution in [0.5, 0.6) is 0 Å². The fraction of sp³-hybridized carbons (Fsp3) is 0.364. The zero-order valence-corrected chi connectivity index (χ0v) is 19.0. The Kier molecular flexibility index (Phi) is 5.48. The number of hydrogen-bond acceptors (Lipinski definition) is 6. The summed E-state index contributed by atoms with van der Waals surface area (Å²) in [4.78, 5) is 32.7. The molecule has 2 saturated heterocycles. The topological polar surface area (TPSA) is 97.3 Å². The summed E-state index contributed by atoms with van der Waals surface area (Å²) < 4.78 is 1.20. The van der Waals surface area contributed by atoms with Gasteiger partial charge in [0.2, 0.25) is 0 Å². The molecule has 5 rings (SSSR count). The van der Waals surface area contributed by atoms with Crippen LogP contribution in [0.3, 0.4) is 0 Å². The van der Waals surface area contributed by atoms with Crippen LogP contribution in [0.4, 0.5) is 4.79 Å². The highest BCUT2D eigenvalue weighted by atomic mass is 35.5. The molecule has 2 aromatic heterocycles. The number of rotatable bonds is 4. The highest BCUT2D eigenvalue weighted by Gasteiger charge is 2.45. The molecule has 2 amide bonds. The average Bonchev–Trinajstić information content (AvgIpc) is 3.58. The van der Waals surface area contributed by atoms with Gasteiger partial charge < -0.3 is 10.6 Å². The van der Waals surface area contributed by atoms with Gasteiger partial charge in [-0.3, -0.25) is 9.69 Å². The van der Waals surface area contributed by atoms with Gasteiger partial charge in [-0.15, -0.1) is 11.3 Å². The molecule has 4 heterocycles. The molecule has 0 saturated carbocycles. The van der Waals surface area contributed by atoms with Crippen LogP contribution in [0.25, 0.3) is 10.6 Å². The highest BCUT2D eigenvalue weighted by molar-refractivity contribution is 7.13. The summed E-state index contributed by atoms with van der Waals surface area (Å²) in [6.45, 7) is 4.05. The van der Waals surface area contributed by atoms with E-state index in [1.54, 1.807) is 17.5 Å². The third kappa shape index (κ3) is 4.03. The third-order valence-corrected chi connectivity index (χ3v) is 7.59. The van der Waals surface area contributed by atoms with E-state index < -0.39 is 5.91 Å². The molecule has 2 aliphatic heterocycles. The number of carbonyl (C=O) groups excluding carboxylic acids is 2. The normalized spacial score (nSPS) is 21.0. The summed E-state index contributed by atoms with van der Waals surface area (Å²) in [5.41, 5.74) is 7.72. The Labute approximate surface area is 194 Å². The standard InChI is InChI=1S/C22H23ClN6O2S/c23-18-9-15(20-25-5-8-32-20)1-2-16(18)11-27-6-3-22(13-27)4-7-28(14-22)21(31)29-12-17(10-26-29)19(24)30/h1-2,5,8-10,12H,3-4,6-7,11,13-14H2,(H2,24,30). The molecule has 166 valence electrons. The van der Waals surface area contributed by atoms with Crippen LogP contribution in [0.15, 0.2) is 42.2 Å². The predicted octanol–water partition coefficient (Wildman–Crippen LogP) is 3.33. The van der Waals surface area contributed by atoms with Crippen molar-refractivity contribution in [2.45, 2.75) is 19.4 Å². The first-order chi connectivity index (χ1) is 15.4. The fourth-order valence-corrected chi connectivity index (χ4v) is 5.58. The minimum absolute atomic E-state index is 0.0859. The summed E-state index contributed by atoms with van der Waals surface area (Å²) in [6, 6.07) is 5.94. The highest BCUT2D eigenvalue weighted by Crippen LogP contribution is 2.40. The number of amides is 2. The first kappa shape index (κ1) is 21.1. The molecule has 1 spiro atoms. The van der Waals surface area contributed by atoms with Crippen molar-refractivity contribution in [2.24, 2.45) is 11.1 Å². The van der Waals surface area contributed by atoms with Crippen LogP contribution >= 0.6 is 22.9 Å². The lowest BCUT2D eigenvalue weighted by molar-refractivity contribution is 0.100. The summed E-state index contributed by atoms with van der Waals surface area (Å²) in [6.07, 6.45) is 6.51. The molecule has 8 nitrogen and oxygen atoms in total. The van der Waals surface area contributed by atoms with Gasteiger partial charge in [0.15, 0.2) is 0 Å². The van der Waals surface area contributed by atoms with Gasteiger partial charge in [0.05, 0.1) is 11.8 Å². The molecule has 3 aromatic rings. The van der Waals surface area contributed by atoms with Gasteiger partial charge in [0.1, 0.15) is 5.01 Å². The number of benzene rings is 1. The number of aromatic nitrogens is 3.